The van der Waals surface area contributed by atoms with Crippen LogP contribution in [0.4, 0.5) is 16.2 Å². The number of amides is 1. The lowest BCUT2D eigenvalue weighted by Gasteiger charge is -2.19. The van der Waals surface area contributed by atoms with Gasteiger partial charge in [0, 0.05) is 29.2 Å². The van der Waals surface area contributed by atoms with Gasteiger partial charge in [-0.05, 0) is 65.9 Å². The Hall–Kier alpha value is -3.70. The van der Waals surface area contributed by atoms with Crippen molar-refractivity contribution in [1.82, 2.24) is 9.97 Å². The Morgan fingerprint density at radius 2 is 1.59 bits per heavy atom. The maximum Gasteiger partial charge on any atom is 0.416 e. The van der Waals surface area contributed by atoms with Crippen molar-refractivity contribution in [2.45, 2.75) is 33.1 Å². The van der Waals surface area contributed by atoms with Gasteiger partial charge in [-0.15, -0.1) is 0 Å². The minimum Gasteiger partial charge on any atom is -0.464 e. The number of pyridine rings is 2. The van der Waals surface area contributed by atoms with Crippen molar-refractivity contribution < 1.29 is 9.90 Å². The van der Waals surface area contributed by atoms with Crippen LogP contribution in [0.25, 0.3) is 11.1 Å². The molecule has 1 N–H and O–H groups in total. The van der Waals surface area contributed by atoms with E-state index in [1.165, 1.54) is 22.2 Å². The summed E-state index contributed by atoms with van der Waals surface area (Å²) in [5.41, 5.74) is 5.78. The summed E-state index contributed by atoms with van der Waals surface area (Å²) in [6.07, 6.45) is 8.83. The van der Waals surface area contributed by atoms with Crippen LogP contribution in [0.3, 0.4) is 0 Å². The number of carboxylic acid groups (broad SMARTS) is 1. The minimum absolute atomic E-state index is 0.536. The molecular formula is C28H28ClN3O2. The molecule has 1 amide bonds. The van der Waals surface area contributed by atoms with Crippen molar-refractivity contribution in [2.24, 2.45) is 0 Å². The molecule has 0 aliphatic carbocycles. The Balaban J connectivity index is 0.000000192. The Morgan fingerprint density at radius 1 is 0.882 bits per heavy atom. The highest BCUT2D eigenvalue weighted by Crippen LogP contribution is 2.26. The maximum absolute atomic E-state index is 11.4. The molecule has 174 valence electrons. The molecule has 34 heavy (non-hydrogen) atoms. The molecule has 0 fully saturated rings. The largest absolute Gasteiger partial charge is 0.464 e. The van der Waals surface area contributed by atoms with Crippen molar-refractivity contribution >= 4 is 29.1 Å². The molecule has 0 saturated heterocycles. The second-order valence-electron chi connectivity index (χ2n) is 7.65. The molecule has 0 unspecified atom stereocenters. The number of anilines is 2. The van der Waals surface area contributed by atoms with Gasteiger partial charge in [0.1, 0.15) is 0 Å². The lowest BCUT2D eigenvalue weighted by molar-refractivity contribution is 0.205. The quantitative estimate of drug-likeness (QED) is 0.310. The van der Waals surface area contributed by atoms with Gasteiger partial charge in [-0.2, -0.15) is 0 Å². The van der Waals surface area contributed by atoms with Crippen LogP contribution in [-0.4, -0.2) is 21.2 Å². The van der Waals surface area contributed by atoms with Crippen LogP contribution in [-0.2, 0) is 12.8 Å². The van der Waals surface area contributed by atoms with E-state index in [2.05, 4.69) is 35.9 Å². The second-order valence-corrected chi connectivity index (χ2v) is 8.05. The average Bonchev–Trinajstić information content (AvgIpc) is 2.87. The molecule has 0 radical (unpaired) electrons. The molecule has 0 saturated carbocycles. The third-order valence-corrected chi connectivity index (χ3v) is 5.62. The molecule has 6 heteroatoms. The molecule has 0 atom stereocenters. The van der Waals surface area contributed by atoms with Crippen molar-refractivity contribution in [2.75, 3.05) is 4.90 Å². The summed E-state index contributed by atoms with van der Waals surface area (Å²) >= 11 is 6.24. The summed E-state index contributed by atoms with van der Waals surface area (Å²) in [6, 6.07) is 21.1. The van der Waals surface area contributed by atoms with Gasteiger partial charge in [0.05, 0.1) is 17.6 Å². The van der Waals surface area contributed by atoms with Gasteiger partial charge < -0.3 is 5.11 Å². The second kappa shape index (κ2) is 12.5. The van der Waals surface area contributed by atoms with E-state index in [9.17, 15) is 9.90 Å². The van der Waals surface area contributed by atoms with E-state index in [1.54, 1.807) is 36.7 Å². The Bertz CT molecular complexity index is 1180. The van der Waals surface area contributed by atoms with Crippen molar-refractivity contribution in [1.29, 1.82) is 0 Å². The van der Waals surface area contributed by atoms with Crippen LogP contribution < -0.4 is 4.90 Å². The third-order valence-electron chi connectivity index (χ3n) is 5.27. The molecular weight excluding hydrogens is 446 g/mol. The number of benzene rings is 2. The van der Waals surface area contributed by atoms with Gasteiger partial charge in [0.2, 0.25) is 0 Å². The summed E-state index contributed by atoms with van der Waals surface area (Å²) in [6.45, 7) is 4.22. The zero-order valence-electron chi connectivity index (χ0n) is 19.4. The van der Waals surface area contributed by atoms with Gasteiger partial charge >= 0.3 is 6.09 Å². The number of rotatable bonds is 6. The molecule has 4 aromatic rings. The lowest BCUT2D eigenvalue weighted by Crippen LogP contribution is -2.23. The van der Waals surface area contributed by atoms with Crippen LogP contribution in [0.5, 0.6) is 0 Å². The molecule has 4 rings (SSSR count). The summed E-state index contributed by atoms with van der Waals surface area (Å²) in [7, 11) is 0. The highest BCUT2D eigenvalue weighted by atomic mass is 35.5. The minimum atomic E-state index is -1.02. The number of aryl methyl sites for hydroxylation is 2. The predicted octanol–water partition coefficient (Wildman–Crippen LogP) is 7.81. The van der Waals surface area contributed by atoms with Gasteiger partial charge in [0.25, 0.3) is 0 Å². The Labute approximate surface area is 205 Å². The number of aromatic nitrogens is 2. The predicted molar refractivity (Wildman–Crippen MR) is 139 cm³/mol. The molecule has 5 nitrogen and oxygen atoms in total. The standard InChI is InChI=1S/C14H14ClN.C14H14N2O2/c1-2-4-11-6-7-12(9-14(11)15)13-5-3-8-16-10-13;1-2-11-5-7-12(8-6-11)16(14(17)18)13-4-3-9-15-10-13/h3,5-10H,2,4H2,1H3;3-10H,2H2,1H3,(H,17,18). The van der Waals surface area contributed by atoms with Crippen molar-refractivity contribution in [3.8, 4) is 11.1 Å². The summed E-state index contributed by atoms with van der Waals surface area (Å²) in [4.78, 5) is 20.6. The first-order chi connectivity index (χ1) is 16.5. The van der Waals surface area contributed by atoms with Crippen LogP contribution in [0.1, 0.15) is 31.4 Å². The van der Waals surface area contributed by atoms with Crippen molar-refractivity contribution in [3.63, 3.8) is 0 Å². The van der Waals surface area contributed by atoms with Gasteiger partial charge in [-0.25, -0.2) is 9.69 Å². The molecule has 0 spiro atoms. The van der Waals surface area contributed by atoms with E-state index in [1.807, 2.05) is 36.5 Å². The SMILES string of the molecule is CCCc1ccc(-c2cccnc2)cc1Cl.CCc1ccc(N(C(=O)O)c2cccnc2)cc1. The van der Waals surface area contributed by atoms with Crippen LogP contribution in [0.15, 0.2) is 91.5 Å². The number of nitrogens with zero attached hydrogens (tertiary/aromatic N) is 3. The highest BCUT2D eigenvalue weighted by Gasteiger charge is 2.16. The molecule has 0 bridgehead atoms. The van der Waals surface area contributed by atoms with E-state index < -0.39 is 6.09 Å². The molecule has 2 heterocycles. The fourth-order valence-corrected chi connectivity index (χ4v) is 3.74. The van der Waals surface area contributed by atoms with Crippen LogP contribution >= 0.6 is 11.6 Å². The topological polar surface area (TPSA) is 66.3 Å². The molecule has 2 aromatic heterocycles. The first kappa shape index (κ1) is 24.9. The monoisotopic (exact) mass is 473 g/mol. The van der Waals surface area contributed by atoms with E-state index >= 15 is 0 Å². The molecule has 2 aromatic carbocycles. The van der Waals surface area contributed by atoms with Crippen LogP contribution in [0.2, 0.25) is 5.02 Å². The normalized spacial score (nSPS) is 10.2. The fourth-order valence-electron chi connectivity index (χ4n) is 3.47. The fraction of sp³-hybridized carbons (Fsp3) is 0.179. The van der Waals surface area contributed by atoms with Crippen LogP contribution in [0, 0.1) is 0 Å². The summed E-state index contributed by atoms with van der Waals surface area (Å²) in [5.74, 6) is 0. The lowest BCUT2D eigenvalue weighted by atomic mass is 10.0. The number of hydrogen-bond acceptors (Lipinski definition) is 3. The van der Waals surface area contributed by atoms with E-state index in [0.717, 1.165) is 35.4 Å². The Kier molecular flexibility index (Phi) is 9.18. The van der Waals surface area contributed by atoms with Gasteiger partial charge in [-0.1, -0.05) is 62.2 Å². The molecule has 0 aliphatic heterocycles. The Morgan fingerprint density at radius 3 is 2.12 bits per heavy atom. The maximum atomic E-state index is 11.4. The van der Waals surface area contributed by atoms with E-state index in [4.69, 9.17) is 11.6 Å². The number of hydrogen-bond donors (Lipinski definition) is 1. The average molecular weight is 474 g/mol. The molecule has 0 aliphatic rings. The first-order valence-corrected chi connectivity index (χ1v) is 11.6. The number of carbonyl (C=O) groups is 1. The third kappa shape index (κ3) is 6.65. The van der Waals surface area contributed by atoms with E-state index in [0.29, 0.717) is 11.4 Å². The van der Waals surface area contributed by atoms with E-state index in [-0.39, 0.29) is 0 Å². The summed E-state index contributed by atoms with van der Waals surface area (Å²) < 4.78 is 0. The first-order valence-electron chi connectivity index (χ1n) is 11.2. The van der Waals surface area contributed by atoms with Gasteiger partial charge in [-0.3, -0.25) is 9.97 Å². The number of halogens is 1. The van der Waals surface area contributed by atoms with Gasteiger partial charge in [0.15, 0.2) is 0 Å². The summed E-state index contributed by atoms with van der Waals surface area (Å²) in [5, 5.41) is 10.2. The zero-order valence-corrected chi connectivity index (χ0v) is 20.1. The smallest absolute Gasteiger partial charge is 0.416 e. The van der Waals surface area contributed by atoms with Crippen molar-refractivity contribution in [3.05, 3.63) is 108 Å². The zero-order chi connectivity index (χ0) is 24.3. The highest BCUT2D eigenvalue weighted by molar-refractivity contribution is 6.31.